The second-order valence-corrected chi connectivity index (χ2v) is 3.92. The number of carbonyl (C=O) groups excluding carboxylic acids is 2. The van der Waals surface area contributed by atoms with Gasteiger partial charge < -0.3 is 14.8 Å². The highest BCUT2D eigenvalue weighted by Gasteiger charge is 2.64. The van der Waals surface area contributed by atoms with E-state index < -0.39 is 23.9 Å². The normalized spacial score (nSPS) is 13.7. The Morgan fingerprint density at radius 2 is 2.00 bits per heavy atom. The number of carbonyl (C=O) groups is 2. The molecule has 0 saturated heterocycles. The Morgan fingerprint density at radius 1 is 1.32 bits per heavy atom. The van der Waals surface area contributed by atoms with Crippen LogP contribution in [0.4, 0.5) is 23.8 Å². The van der Waals surface area contributed by atoms with E-state index in [9.17, 15) is 22.8 Å². The van der Waals surface area contributed by atoms with E-state index in [1.165, 1.54) is 36.6 Å². The van der Waals surface area contributed by atoms with Crippen LogP contribution < -0.4 is 10.6 Å². The lowest BCUT2D eigenvalue weighted by molar-refractivity contribution is -0.203. The number of nitrogens with zero attached hydrogens (tertiary/aromatic N) is 1. The second-order valence-electron chi connectivity index (χ2n) is 3.92. The van der Waals surface area contributed by atoms with Gasteiger partial charge in [-0.25, -0.2) is 14.6 Å². The van der Waals surface area contributed by atoms with Gasteiger partial charge in [-0.2, -0.15) is 13.2 Å². The number of ether oxygens (including phenoxy) is 2. The van der Waals surface area contributed by atoms with Crippen molar-refractivity contribution in [1.29, 1.82) is 0 Å². The van der Waals surface area contributed by atoms with E-state index in [1.807, 2.05) is 5.32 Å². The monoisotopic (exact) mass is 321 g/mol. The Labute approximate surface area is 123 Å². The quantitative estimate of drug-likeness (QED) is 0.633. The fraction of sp³-hybridized carbons (Fsp3) is 0.417. The number of alkyl halides is 3. The average molecular weight is 321 g/mol. The predicted octanol–water partition coefficient (Wildman–Crippen LogP) is 1.67. The van der Waals surface area contributed by atoms with Gasteiger partial charge in [0.15, 0.2) is 0 Å². The van der Waals surface area contributed by atoms with E-state index in [4.69, 9.17) is 0 Å². The molecule has 7 nitrogen and oxygen atoms in total. The second kappa shape index (κ2) is 6.96. The van der Waals surface area contributed by atoms with Gasteiger partial charge in [-0.05, 0) is 19.1 Å². The molecule has 0 saturated carbocycles. The summed E-state index contributed by atoms with van der Waals surface area (Å²) in [5.41, 5.74) is -3.53. The Bertz CT molecular complexity index is 524. The van der Waals surface area contributed by atoms with Gasteiger partial charge in [-0.15, -0.1) is 0 Å². The van der Waals surface area contributed by atoms with Crippen molar-refractivity contribution in [1.82, 2.24) is 10.3 Å². The number of hydrogen-bond donors (Lipinski definition) is 2. The molecule has 0 aliphatic rings. The third kappa shape index (κ3) is 3.77. The number of anilines is 1. The summed E-state index contributed by atoms with van der Waals surface area (Å²) in [6.07, 6.45) is -5.44. The molecular weight excluding hydrogens is 307 g/mol. The van der Waals surface area contributed by atoms with E-state index >= 15 is 0 Å². The van der Waals surface area contributed by atoms with Crippen LogP contribution in [0.5, 0.6) is 0 Å². The molecule has 122 valence electrons. The number of rotatable bonds is 5. The molecule has 1 unspecified atom stereocenters. The fourth-order valence-corrected chi connectivity index (χ4v) is 1.49. The highest BCUT2D eigenvalue weighted by Crippen LogP contribution is 2.32. The van der Waals surface area contributed by atoms with Crippen LogP contribution in [-0.2, 0) is 14.3 Å². The highest BCUT2D eigenvalue weighted by molar-refractivity contribution is 5.89. The molecule has 1 aromatic heterocycles. The van der Waals surface area contributed by atoms with Crippen molar-refractivity contribution in [3.05, 3.63) is 24.4 Å². The zero-order valence-electron chi connectivity index (χ0n) is 11.7. The van der Waals surface area contributed by atoms with Gasteiger partial charge in [0, 0.05) is 6.20 Å². The van der Waals surface area contributed by atoms with E-state index in [0.717, 1.165) is 7.11 Å². The molecule has 1 rings (SSSR count). The molecule has 1 aromatic rings. The number of alkyl carbamates (subject to hydrolysis) is 1. The van der Waals surface area contributed by atoms with Crippen LogP contribution in [0, 0.1) is 0 Å². The summed E-state index contributed by atoms with van der Waals surface area (Å²) < 4.78 is 48.9. The number of aromatic nitrogens is 1. The summed E-state index contributed by atoms with van der Waals surface area (Å²) in [4.78, 5) is 26.8. The summed E-state index contributed by atoms with van der Waals surface area (Å²) >= 11 is 0. The molecule has 0 aliphatic carbocycles. The molecule has 1 amide bonds. The molecule has 0 aromatic carbocycles. The van der Waals surface area contributed by atoms with E-state index in [1.54, 1.807) is 0 Å². The van der Waals surface area contributed by atoms with Crippen LogP contribution in [0.25, 0.3) is 0 Å². The van der Waals surface area contributed by atoms with Gasteiger partial charge in [0.25, 0.3) is 0 Å². The zero-order chi connectivity index (χ0) is 16.8. The Morgan fingerprint density at radius 3 is 2.45 bits per heavy atom. The van der Waals surface area contributed by atoms with Gasteiger partial charge in [-0.1, -0.05) is 6.07 Å². The van der Waals surface area contributed by atoms with Crippen molar-refractivity contribution < 1.29 is 32.2 Å². The summed E-state index contributed by atoms with van der Waals surface area (Å²) in [5.74, 6) is -2.05. The van der Waals surface area contributed by atoms with Crippen molar-refractivity contribution in [2.75, 3.05) is 19.0 Å². The first-order chi connectivity index (χ1) is 10.3. The Kier molecular flexibility index (Phi) is 5.55. The molecule has 0 bridgehead atoms. The molecule has 0 spiro atoms. The third-order valence-electron chi connectivity index (χ3n) is 2.46. The van der Waals surface area contributed by atoms with Gasteiger partial charge in [0.2, 0.25) is 0 Å². The van der Waals surface area contributed by atoms with Crippen LogP contribution in [0.15, 0.2) is 24.4 Å². The Balaban J connectivity index is 3.26. The maximum absolute atomic E-state index is 13.4. The fourth-order valence-electron chi connectivity index (χ4n) is 1.49. The molecular formula is C12H14F3N3O4. The Hall–Kier alpha value is -2.52. The highest BCUT2D eigenvalue weighted by atomic mass is 19.4. The van der Waals surface area contributed by atoms with E-state index in [2.05, 4.69) is 14.5 Å². The number of amides is 1. The number of methoxy groups -OCH3 is 1. The van der Waals surface area contributed by atoms with Gasteiger partial charge in [-0.3, -0.25) is 5.32 Å². The van der Waals surface area contributed by atoms with E-state index in [-0.39, 0.29) is 12.4 Å². The van der Waals surface area contributed by atoms with Crippen molar-refractivity contribution in [2.45, 2.75) is 18.8 Å². The molecule has 1 heterocycles. The van der Waals surface area contributed by atoms with Crippen LogP contribution in [0.2, 0.25) is 0 Å². The molecule has 10 heteroatoms. The summed E-state index contributed by atoms with van der Waals surface area (Å²) in [6.45, 7) is 1.23. The minimum Gasteiger partial charge on any atom is -0.466 e. The number of pyridine rings is 1. The van der Waals surface area contributed by atoms with Crippen LogP contribution in [0.1, 0.15) is 6.92 Å². The lowest BCUT2D eigenvalue weighted by atomic mass is 10.1. The molecule has 0 radical (unpaired) electrons. The van der Waals surface area contributed by atoms with Gasteiger partial charge in [0.1, 0.15) is 5.82 Å². The lowest BCUT2D eigenvalue weighted by Gasteiger charge is -2.34. The lowest BCUT2D eigenvalue weighted by Crippen LogP contribution is -2.69. The van der Waals surface area contributed by atoms with Crippen LogP contribution in [-0.4, -0.2) is 42.6 Å². The van der Waals surface area contributed by atoms with Crippen molar-refractivity contribution >= 4 is 17.9 Å². The standard InChI is InChI=1S/C12H14F3N3O4/c1-3-22-10(20)18-11(9(19)21-2,12(13,14)15)17-8-6-4-5-7-16-8/h4-7H,3H2,1-2H3,(H,16,17)(H,18,20). The maximum atomic E-state index is 13.4. The smallest absolute Gasteiger partial charge is 0.442 e. The minimum atomic E-state index is -5.22. The zero-order valence-corrected chi connectivity index (χ0v) is 11.7. The molecule has 22 heavy (non-hydrogen) atoms. The molecule has 0 aliphatic heterocycles. The molecule has 2 N–H and O–H groups in total. The van der Waals surface area contributed by atoms with Crippen LogP contribution in [0.3, 0.4) is 0 Å². The summed E-state index contributed by atoms with van der Waals surface area (Å²) in [5, 5.41) is 3.31. The minimum absolute atomic E-state index is 0.176. The third-order valence-corrected chi connectivity index (χ3v) is 2.46. The molecule has 0 fully saturated rings. The number of nitrogens with one attached hydrogen (secondary N) is 2. The van der Waals surface area contributed by atoms with E-state index in [0.29, 0.717) is 0 Å². The maximum Gasteiger partial charge on any atom is 0.442 e. The van der Waals surface area contributed by atoms with Gasteiger partial charge >= 0.3 is 23.9 Å². The SMILES string of the molecule is CCOC(=O)NC(Nc1ccccn1)(C(=O)OC)C(F)(F)F. The van der Waals surface area contributed by atoms with Crippen molar-refractivity contribution in [3.63, 3.8) is 0 Å². The first-order valence-corrected chi connectivity index (χ1v) is 6.06. The average Bonchev–Trinajstić information content (AvgIpc) is 2.45. The van der Waals surface area contributed by atoms with Crippen molar-refractivity contribution in [3.8, 4) is 0 Å². The van der Waals surface area contributed by atoms with Crippen molar-refractivity contribution in [2.24, 2.45) is 0 Å². The summed E-state index contributed by atoms with van der Waals surface area (Å²) in [6, 6.07) is 4.06. The predicted molar refractivity (Wildman–Crippen MR) is 68.8 cm³/mol. The first kappa shape index (κ1) is 17.5. The largest absolute Gasteiger partial charge is 0.466 e. The molecule has 1 atom stereocenters. The number of esters is 1. The summed E-state index contributed by atoms with van der Waals surface area (Å²) in [7, 11) is 0.760. The van der Waals surface area contributed by atoms with Crippen LogP contribution >= 0.6 is 0 Å². The number of halogens is 3. The van der Waals surface area contributed by atoms with Gasteiger partial charge in [0.05, 0.1) is 13.7 Å². The topological polar surface area (TPSA) is 89.5 Å². The first-order valence-electron chi connectivity index (χ1n) is 6.06. The number of hydrogen-bond acceptors (Lipinski definition) is 6.